The number of nitrogens with zero attached hydrogens (tertiary/aromatic N) is 2. The predicted octanol–water partition coefficient (Wildman–Crippen LogP) is 4.40. The number of β-amino-alcohol motifs (C(OH)–C–C–N with tert-alkyl or cyclic N) is 1. The monoisotopic (exact) mass is 609 g/mol. The maximum absolute atomic E-state index is 14.6. The van der Waals surface area contributed by atoms with Gasteiger partial charge >= 0.3 is 6.18 Å². The van der Waals surface area contributed by atoms with Crippen LogP contribution in [0.15, 0.2) is 48.5 Å². The maximum Gasteiger partial charge on any atom is 0.424 e. The molecule has 1 aliphatic heterocycles. The Hall–Kier alpha value is -3.45. The smallest absolute Gasteiger partial charge is 0.424 e. The minimum atomic E-state index is -5.30. The van der Waals surface area contributed by atoms with E-state index in [1.165, 1.54) is 43.5 Å². The van der Waals surface area contributed by atoms with Crippen LogP contribution >= 0.6 is 11.6 Å². The Labute approximate surface area is 243 Å². The van der Waals surface area contributed by atoms with Gasteiger partial charge in [0, 0.05) is 24.2 Å². The number of rotatable bonds is 9. The second-order valence-electron chi connectivity index (χ2n) is 10.7. The van der Waals surface area contributed by atoms with Crippen LogP contribution in [-0.4, -0.2) is 72.1 Å². The van der Waals surface area contributed by atoms with Gasteiger partial charge in [-0.05, 0) is 74.0 Å². The van der Waals surface area contributed by atoms with Crippen molar-refractivity contribution in [3.8, 4) is 22.8 Å². The zero-order valence-corrected chi connectivity index (χ0v) is 23.4. The molecule has 1 atom stereocenters. The molecule has 1 amide bonds. The molecule has 5 rings (SSSR count). The number of pyridine rings is 1. The van der Waals surface area contributed by atoms with Crippen molar-refractivity contribution < 1.29 is 42.0 Å². The van der Waals surface area contributed by atoms with E-state index in [0.29, 0.717) is 5.75 Å². The first kappa shape index (κ1) is 30.0. The fraction of sp³-hybridized carbons (Fsp3) is 0.379. The summed E-state index contributed by atoms with van der Waals surface area (Å²) in [6, 6.07) is 10.0. The number of hydrogen-bond donors (Lipinski definition) is 3. The lowest BCUT2D eigenvalue weighted by Gasteiger charge is -2.45. The van der Waals surface area contributed by atoms with Crippen molar-refractivity contribution in [2.24, 2.45) is 0 Å². The van der Waals surface area contributed by atoms with E-state index >= 15 is 0 Å². The van der Waals surface area contributed by atoms with Gasteiger partial charge in [0.1, 0.15) is 11.4 Å². The zero-order chi connectivity index (χ0) is 30.4. The van der Waals surface area contributed by atoms with Crippen LogP contribution < -0.4 is 14.8 Å². The molecule has 1 saturated carbocycles. The number of alkyl halides is 3. The van der Waals surface area contributed by atoms with Crippen LogP contribution in [0, 0.1) is 5.82 Å². The van der Waals surface area contributed by atoms with Gasteiger partial charge in [-0.25, -0.2) is 9.37 Å². The van der Waals surface area contributed by atoms with Gasteiger partial charge < -0.3 is 25.0 Å². The van der Waals surface area contributed by atoms with E-state index in [1.54, 1.807) is 11.9 Å². The number of carbonyl (C=O) groups excluding carboxylic acids is 1. The molecule has 1 saturated heterocycles. The highest BCUT2D eigenvalue weighted by atomic mass is 35.5. The summed E-state index contributed by atoms with van der Waals surface area (Å²) in [4.78, 5) is 18.8. The summed E-state index contributed by atoms with van der Waals surface area (Å²) in [6.07, 6.45) is -3.47. The van der Waals surface area contributed by atoms with E-state index in [1.807, 2.05) is 0 Å². The Kier molecular flexibility index (Phi) is 7.86. The lowest BCUT2D eigenvalue weighted by Crippen LogP contribution is -2.57. The largest absolute Gasteiger partial charge is 0.493 e. The van der Waals surface area contributed by atoms with Gasteiger partial charge in [-0.15, -0.1) is 0 Å². The lowest BCUT2D eigenvalue weighted by molar-refractivity contribution is -0.265. The van der Waals surface area contributed by atoms with Crippen molar-refractivity contribution in [1.82, 2.24) is 15.2 Å². The molecule has 2 aromatic carbocycles. The van der Waals surface area contributed by atoms with Gasteiger partial charge in [0.15, 0.2) is 11.5 Å². The van der Waals surface area contributed by atoms with Gasteiger partial charge in [-0.1, -0.05) is 11.6 Å². The molecule has 2 aliphatic rings. The number of likely N-dealkylation sites (N-methyl/N-ethyl adjacent to an activating group) is 1. The van der Waals surface area contributed by atoms with Crippen LogP contribution in [0.25, 0.3) is 11.3 Å². The molecular weight excluding hydrogens is 582 g/mol. The molecule has 0 radical (unpaired) electrons. The van der Waals surface area contributed by atoms with Crippen molar-refractivity contribution in [3.63, 3.8) is 0 Å². The summed E-state index contributed by atoms with van der Waals surface area (Å²) in [5.74, 6) is -1.02. The average Bonchev–Trinajstić information content (AvgIpc) is 3.75. The molecule has 42 heavy (non-hydrogen) atoms. The van der Waals surface area contributed by atoms with Crippen molar-refractivity contribution in [3.05, 3.63) is 76.2 Å². The Morgan fingerprint density at radius 2 is 1.86 bits per heavy atom. The molecule has 2 fully saturated rings. The predicted molar refractivity (Wildman–Crippen MR) is 145 cm³/mol. The summed E-state index contributed by atoms with van der Waals surface area (Å²) in [5, 5.41) is 24.1. The first-order valence-corrected chi connectivity index (χ1v) is 13.4. The lowest BCUT2D eigenvalue weighted by atomic mass is 9.84. The minimum Gasteiger partial charge on any atom is -0.493 e. The van der Waals surface area contributed by atoms with Crippen molar-refractivity contribution >= 4 is 17.5 Å². The number of hydrogen-bond acceptors (Lipinski definition) is 7. The van der Waals surface area contributed by atoms with Gasteiger partial charge in [0.05, 0.1) is 36.2 Å². The highest BCUT2D eigenvalue weighted by molar-refractivity contribution is 6.31. The van der Waals surface area contributed by atoms with Crippen LogP contribution in [-0.2, 0) is 11.2 Å². The third-order valence-electron chi connectivity index (χ3n) is 7.28. The molecule has 8 nitrogen and oxygen atoms in total. The van der Waals surface area contributed by atoms with E-state index in [2.05, 4.69) is 10.3 Å². The third kappa shape index (κ3) is 5.89. The number of aromatic nitrogens is 1. The number of ether oxygens (including phenoxy) is 2. The second-order valence-corrected chi connectivity index (χ2v) is 11.1. The topological polar surface area (TPSA) is 104 Å². The molecule has 224 valence electrons. The highest BCUT2D eigenvalue weighted by Gasteiger charge is 2.57. The molecular formula is C29H28ClF4N3O5. The van der Waals surface area contributed by atoms with E-state index in [9.17, 15) is 32.6 Å². The summed E-state index contributed by atoms with van der Waals surface area (Å²) >= 11 is 5.90. The quantitative estimate of drug-likeness (QED) is 0.309. The summed E-state index contributed by atoms with van der Waals surface area (Å²) in [7, 11) is 3.09. The van der Waals surface area contributed by atoms with E-state index in [-0.39, 0.29) is 52.3 Å². The van der Waals surface area contributed by atoms with Gasteiger partial charge in [-0.3, -0.25) is 9.69 Å². The Morgan fingerprint density at radius 3 is 2.45 bits per heavy atom. The molecule has 3 aromatic rings. The Balaban J connectivity index is 1.49. The molecule has 3 N–H and O–H groups in total. The van der Waals surface area contributed by atoms with Crippen LogP contribution in [0.1, 0.15) is 34.5 Å². The number of amides is 1. The van der Waals surface area contributed by atoms with Gasteiger partial charge in [0.25, 0.3) is 5.91 Å². The van der Waals surface area contributed by atoms with Gasteiger partial charge in [-0.2, -0.15) is 13.2 Å². The van der Waals surface area contributed by atoms with Crippen molar-refractivity contribution in [1.29, 1.82) is 0 Å². The third-order valence-corrected chi connectivity index (χ3v) is 7.57. The van der Waals surface area contributed by atoms with Crippen LogP contribution in [0.4, 0.5) is 17.6 Å². The van der Waals surface area contributed by atoms with E-state index in [0.717, 1.165) is 25.0 Å². The van der Waals surface area contributed by atoms with Crippen molar-refractivity contribution in [2.75, 3.05) is 33.8 Å². The number of nitrogens with one attached hydrogen (secondary N) is 1. The molecule has 13 heteroatoms. The van der Waals surface area contributed by atoms with E-state index < -0.39 is 41.3 Å². The maximum atomic E-state index is 14.6. The number of likely N-dealkylation sites (tertiary alicyclic amines) is 1. The Morgan fingerprint density at radius 1 is 1.14 bits per heavy atom. The molecule has 2 heterocycles. The number of benzene rings is 2. The fourth-order valence-corrected chi connectivity index (χ4v) is 4.94. The second kappa shape index (κ2) is 11.0. The normalized spacial score (nSPS) is 18.1. The van der Waals surface area contributed by atoms with E-state index in [4.69, 9.17) is 21.1 Å². The molecule has 0 bridgehead atoms. The van der Waals surface area contributed by atoms with Crippen LogP contribution in [0.5, 0.6) is 11.5 Å². The SMILES string of the molecule is COc1cc(C(=O)NCC(O)(c2cc(C3(O)CN(C)C3)cc(-c3ccc(F)c(Cl)c3)n2)C(F)(F)F)ccc1OC1CC1. The molecule has 1 aliphatic carbocycles. The summed E-state index contributed by atoms with van der Waals surface area (Å²) in [6.45, 7) is -1.07. The fourth-order valence-electron chi connectivity index (χ4n) is 4.76. The van der Waals surface area contributed by atoms with Gasteiger partial charge in [0.2, 0.25) is 5.60 Å². The number of aliphatic hydroxyl groups is 2. The van der Waals surface area contributed by atoms with Crippen LogP contribution in [0.2, 0.25) is 5.02 Å². The Bertz CT molecular complexity index is 1510. The highest BCUT2D eigenvalue weighted by Crippen LogP contribution is 2.42. The molecule has 1 unspecified atom stereocenters. The molecule has 0 spiro atoms. The number of carbonyl (C=O) groups is 1. The minimum absolute atomic E-state index is 0.0188. The average molecular weight is 610 g/mol. The standard InChI is InChI=1S/C29H28ClF4N3O5/c1-37-14-27(39,15-37)18-11-22(16-3-7-21(31)20(30)9-16)36-25(12-18)28(40,29(32,33)34)13-35-26(38)17-4-8-23(24(10-17)41-2)42-19-5-6-19/h3-4,7-12,19,39-40H,5-6,13-15H2,1-2H3,(H,35,38). The van der Waals surface area contributed by atoms with Crippen molar-refractivity contribution in [2.45, 2.75) is 36.3 Å². The first-order valence-electron chi connectivity index (χ1n) is 13.0. The first-order chi connectivity index (χ1) is 19.7. The zero-order valence-electron chi connectivity index (χ0n) is 22.6. The number of halogens is 5. The summed E-state index contributed by atoms with van der Waals surface area (Å²) < 4.78 is 68.5. The molecule has 1 aromatic heterocycles. The number of methoxy groups -OCH3 is 1. The van der Waals surface area contributed by atoms with Crippen LogP contribution in [0.3, 0.4) is 0 Å². The summed E-state index contributed by atoms with van der Waals surface area (Å²) in [5.41, 5.74) is -5.94.